The number of allylic oxidation sites excluding steroid dienone is 1. The first kappa shape index (κ1) is 28.8. The minimum absolute atomic E-state index is 0.148. The molecule has 0 aromatic heterocycles. The number of rotatable bonds is 4. The smallest absolute Gasteiger partial charge is 0.312 e. The molecule has 0 radical (unpaired) electrons. The molecular weight excluding hydrogens is 486 g/mol. The molecule has 0 spiro atoms. The van der Waals surface area contributed by atoms with Gasteiger partial charge in [-0.15, -0.1) is 0 Å². The van der Waals surface area contributed by atoms with Crippen molar-refractivity contribution >= 4 is 17.6 Å². The summed E-state index contributed by atoms with van der Waals surface area (Å²) >= 11 is 0. The number of hydrogen-bond acceptors (Lipinski definition) is 5. The first-order chi connectivity index (χ1) is 18.2. The van der Waals surface area contributed by atoms with Crippen molar-refractivity contribution in [1.82, 2.24) is 10.2 Å². The highest BCUT2D eigenvalue weighted by molar-refractivity contribution is 5.91. The lowest BCUT2D eigenvalue weighted by molar-refractivity contribution is -0.117. The van der Waals surface area contributed by atoms with Crippen molar-refractivity contribution in [2.75, 3.05) is 13.1 Å². The summed E-state index contributed by atoms with van der Waals surface area (Å²) in [6.45, 7) is 19.4. The van der Waals surface area contributed by atoms with E-state index >= 15 is 0 Å². The van der Waals surface area contributed by atoms with Gasteiger partial charge in [-0.2, -0.15) is 0 Å². The lowest BCUT2D eigenvalue weighted by Gasteiger charge is -2.58. The van der Waals surface area contributed by atoms with Crippen molar-refractivity contribution in [1.29, 1.82) is 0 Å². The zero-order valence-corrected chi connectivity index (χ0v) is 25.9. The number of carbonyl (C=O) groups excluding carboxylic acids is 2. The van der Waals surface area contributed by atoms with Crippen LogP contribution in [0.15, 0.2) is 16.8 Å². The van der Waals surface area contributed by atoms with E-state index in [0.717, 1.165) is 43.9 Å². The van der Waals surface area contributed by atoms with Gasteiger partial charge in [0.2, 0.25) is 0 Å². The molecule has 39 heavy (non-hydrogen) atoms. The predicted octanol–water partition coefficient (Wildman–Crippen LogP) is 7.14. The van der Waals surface area contributed by atoms with Gasteiger partial charge in [0, 0.05) is 30.5 Å². The van der Waals surface area contributed by atoms with Crippen molar-refractivity contribution in [3.05, 3.63) is 11.6 Å². The zero-order valence-electron chi connectivity index (χ0n) is 25.9. The summed E-state index contributed by atoms with van der Waals surface area (Å²) in [7, 11) is 0. The van der Waals surface area contributed by atoms with Crippen LogP contribution < -0.4 is 5.32 Å². The van der Waals surface area contributed by atoms with Gasteiger partial charge in [-0.1, -0.05) is 38.4 Å². The van der Waals surface area contributed by atoms with Gasteiger partial charge in [-0.3, -0.25) is 14.5 Å². The minimum atomic E-state index is -0.349. The fraction of sp³-hybridized carbons (Fsp3) is 0.848. The fourth-order valence-electron chi connectivity index (χ4n) is 9.61. The molecule has 1 aliphatic heterocycles. The molecule has 1 unspecified atom stereocenters. The van der Waals surface area contributed by atoms with Crippen molar-refractivity contribution in [2.45, 2.75) is 125 Å². The molecule has 4 fully saturated rings. The number of nitrogens with one attached hydrogen (secondary N) is 1. The molecule has 0 aromatic carbocycles. The second kappa shape index (κ2) is 9.99. The van der Waals surface area contributed by atoms with Crippen LogP contribution in [0.1, 0.15) is 113 Å². The molecule has 0 aromatic rings. The van der Waals surface area contributed by atoms with Gasteiger partial charge in [0.25, 0.3) is 0 Å². The molecule has 218 valence electrons. The zero-order chi connectivity index (χ0) is 28.4. The molecule has 6 nitrogen and oxygen atoms in total. The Morgan fingerprint density at radius 3 is 2.46 bits per heavy atom. The van der Waals surface area contributed by atoms with Crippen LogP contribution >= 0.6 is 0 Å². The SMILES string of the molecule is C/C(=N\OC(=O)N(CC1NCCC1(C)C)C(C)(C)C)[C@H]1CC[C@H]2[C@@H]3CCC4=CC(=O)CC[C@]4(C)[C@H]3CC[C@]12C. The third-order valence-corrected chi connectivity index (χ3v) is 12.2. The summed E-state index contributed by atoms with van der Waals surface area (Å²) in [5.74, 6) is 2.77. The van der Waals surface area contributed by atoms with Crippen LogP contribution in [-0.4, -0.2) is 47.2 Å². The second-order valence-corrected chi connectivity index (χ2v) is 15.8. The van der Waals surface area contributed by atoms with Crippen LogP contribution in [0.5, 0.6) is 0 Å². The molecule has 7 atom stereocenters. The summed E-state index contributed by atoms with van der Waals surface area (Å²) in [5.41, 5.74) is 2.61. The molecule has 1 amide bonds. The number of hydrogen-bond donors (Lipinski definition) is 1. The van der Waals surface area contributed by atoms with Crippen LogP contribution in [0.2, 0.25) is 0 Å². The van der Waals surface area contributed by atoms with Crippen molar-refractivity contribution < 1.29 is 14.4 Å². The maximum Gasteiger partial charge on any atom is 0.436 e. The number of fused-ring (bicyclic) bond motifs is 5. The standard InChI is InChI=1S/C33H53N3O3/c1-21(35-39-29(38)36(30(2,3)4)20-28-31(5,6)17-18-34-28)25-11-12-26-24-10-9-22-19-23(37)13-15-32(22,7)27(24)14-16-33(25,26)8/h19,24-28,34H,9-18,20H2,1-8H3/b35-21+/t24-,25+,26-,27-,28?,32-,33+/m0/s1. The molecule has 1 heterocycles. The molecule has 5 rings (SSSR count). The highest BCUT2D eigenvalue weighted by Crippen LogP contribution is 2.66. The van der Waals surface area contributed by atoms with E-state index in [1.165, 1.54) is 31.3 Å². The second-order valence-electron chi connectivity index (χ2n) is 15.8. The van der Waals surface area contributed by atoms with Crippen LogP contribution in [0.3, 0.4) is 0 Å². The van der Waals surface area contributed by atoms with Gasteiger partial charge in [0.05, 0.1) is 5.71 Å². The van der Waals surface area contributed by atoms with Crippen molar-refractivity contribution in [2.24, 2.45) is 45.1 Å². The average Bonchev–Trinajstić information content (AvgIpc) is 3.38. The van der Waals surface area contributed by atoms with E-state index < -0.39 is 0 Å². The largest absolute Gasteiger partial charge is 0.436 e. The molecule has 6 heteroatoms. The van der Waals surface area contributed by atoms with Gasteiger partial charge in [0.15, 0.2) is 5.78 Å². The first-order valence-corrected chi connectivity index (χ1v) is 15.7. The Morgan fingerprint density at radius 2 is 1.79 bits per heavy atom. The normalized spacial score (nSPS) is 39.9. The molecule has 4 aliphatic carbocycles. The molecule has 3 saturated carbocycles. The van der Waals surface area contributed by atoms with Crippen LogP contribution in [0.4, 0.5) is 4.79 Å². The number of amides is 1. The van der Waals surface area contributed by atoms with Crippen molar-refractivity contribution in [3.8, 4) is 0 Å². The minimum Gasteiger partial charge on any atom is -0.312 e. The predicted molar refractivity (Wildman–Crippen MR) is 156 cm³/mol. The van der Waals surface area contributed by atoms with Crippen LogP contribution in [0, 0.1) is 39.9 Å². The number of carbonyl (C=O) groups is 2. The van der Waals surface area contributed by atoms with E-state index in [4.69, 9.17) is 4.84 Å². The van der Waals surface area contributed by atoms with Crippen LogP contribution in [0.25, 0.3) is 0 Å². The molecule has 1 saturated heterocycles. The van der Waals surface area contributed by atoms with Gasteiger partial charge in [0.1, 0.15) is 0 Å². The number of nitrogens with zero attached hydrogens (tertiary/aromatic N) is 2. The summed E-state index contributed by atoms with van der Waals surface area (Å²) in [6.07, 6.45) is 11.6. The quantitative estimate of drug-likeness (QED) is 0.234. The number of ketones is 1. The third kappa shape index (κ3) is 5.02. The highest BCUT2D eigenvalue weighted by atomic mass is 16.7. The molecular formula is C33H53N3O3. The van der Waals surface area contributed by atoms with E-state index in [1.54, 1.807) is 0 Å². The Hall–Kier alpha value is -1.69. The summed E-state index contributed by atoms with van der Waals surface area (Å²) in [4.78, 5) is 33.1. The Bertz CT molecular complexity index is 1050. The third-order valence-electron chi connectivity index (χ3n) is 12.2. The van der Waals surface area contributed by atoms with E-state index in [1.807, 2.05) is 11.0 Å². The Morgan fingerprint density at radius 1 is 1.05 bits per heavy atom. The maximum atomic E-state index is 13.4. The summed E-state index contributed by atoms with van der Waals surface area (Å²) < 4.78 is 0. The Kier molecular flexibility index (Phi) is 7.39. The fourth-order valence-corrected chi connectivity index (χ4v) is 9.61. The Labute approximate surface area is 236 Å². The topological polar surface area (TPSA) is 71.0 Å². The van der Waals surface area contributed by atoms with Crippen molar-refractivity contribution in [3.63, 3.8) is 0 Å². The van der Waals surface area contributed by atoms with Gasteiger partial charge < -0.3 is 5.32 Å². The lowest BCUT2D eigenvalue weighted by Crippen LogP contribution is -2.53. The Balaban J connectivity index is 1.28. The van der Waals surface area contributed by atoms with Gasteiger partial charge in [-0.25, -0.2) is 4.79 Å². The van der Waals surface area contributed by atoms with E-state index in [-0.39, 0.29) is 33.9 Å². The summed E-state index contributed by atoms with van der Waals surface area (Å²) in [5, 5.41) is 8.13. The van der Waals surface area contributed by atoms with E-state index in [0.29, 0.717) is 36.5 Å². The van der Waals surface area contributed by atoms with E-state index in [2.05, 4.69) is 65.9 Å². The monoisotopic (exact) mass is 539 g/mol. The van der Waals surface area contributed by atoms with Crippen LogP contribution in [-0.2, 0) is 9.63 Å². The maximum absolute atomic E-state index is 13.4. The number of oxime groups is 1. The van der Waals surface area contributed by atoms with Gasteiger partial charge >= 0.3 is 6.09 Å². The molecule has 0 bridgehead atoms. The first-order valence-electron chi connectivity index (χ1n) is 15.7. The molecule has 5 aliphatic rings. The average molecular weight is 540 g/mol. The highest BCUT2D eigenvalue weighted by Gasteiger charge is 2.59. The molecule has 1 N–H and O–H groups in total. The van der Waals surface area contributed by atoms with Gasteiger partial charge in [-0.05, 0) is 126 Å². The lowest BCUT2D eigenvalue weighted by atomic mass is 9.46. The van der Waals surface area contributed by atoms with E-state index in [9.17, 15) is 9.59 Å². The summed E-state index contributed by atoms with van der Waals surface area (Å²) in [6, 6.07) is 0.244.